The van der Waals surface area contributed by atoms with E-state index in [1.807, 2.05) is 0 Å². The highest BCUT2D eigenvalue weighted by atomic mass is 19.4. The summed E-state index contributed by atoms with van der Waals surface area (Å²) in [5.74, 6) is 0. The molecule has 0 saturated heterocycles. The predicted molar refractivity (Wildman–Crippen MR) is 58.2 cm³/mol. The van der Waals surface area contributed by atoms with Crippen molar-refractivity contribution in [1.82, 2.24) is 4.98 Å². The number of alkyl halides is 3. The molecule has 0 unspecified atom stereocenters. The SMILES string of the molecule is NC1(c2ccc(C(F)(F)F)nc2)CCCCC1. The van der Waals surface area contributed by atoms with E-state index in [0.29, 0.717) is 5.56 Å². The minimum absolute atomic E-state index is 0.491. The van der Waals surface area contributed by atoms with Crippen LogP contribution in [-0.2, 0) is 11.7 Å². The van der Waals surface area contributed by atoms with Crippen molar-refractivity contribution >= 4 is 0 Å². The topological polar surface area (TPSA) is 38.9 Å². The standard InChI is InChI=1S/C12H15F3N2/c13-12(14,15)10-5-4-9(8-17-10)11(16)6-2-1-3-7-11/h4-5,8H,1-3,6-7,16H2. The molecule has 1 aliphatic carbocycles. The van der Waals surface area contributed by atoms with Crippen molar-refractivity contribution in [2.75, 3.05) is 0 Å². The second kappa shape index (κ2) is 4.29. The zero-order valence-electron chi connectivity index (χ0n) is 9.43. The molecule has 2 nitrogen and oxygen atoms in total. The lowest BCUT2D eigenvalue weighted by atomic mass is 9.78. The molecule has 1 aromatic heterocycles. The van der Waals surface area contributed by atoms with Crippen LogP contribution in [0, 0.1) is 0 Å². The molecule has 0 atom stereocenters. The Morgan fingerprint density at radius 3 is 2.24 bits per heavy atom. The molecule has 1 fully saturated rings. The smallest absolute Gasteiger partial charge is 0.321 e. The van der Waals surface area contributed by atoms with Crippen LogP contribution in [0.4, 0.5) is 13.2 Å². The third-order valence-electron chi connectivity index (χ3n) is 3.37. The minimum Gasteiger partial charge on any atom is -0.321 e. The van der Waals surface area contributed by atoms with Crippen LogP contribution in [0.2, 0.25) is 0 Å². The molecule has 0 bridgehead atoms. The Hall–Kier alpha value is -1.10. The molecule has 0 aromatic carbocycles. The van der Waals surface area contributed by atoms with Crippen molar-refractivity contribution in [2.24, 2.45) is 5.73 Å². The van der Waals surface area contributed by atoms with Crippen LogP contribution >= 0.6 is 0 Å². The molecule has 94 valence electrons. The van der Waals surface area contributed by atoms with Crippen LogP contribution in [0.3, 0.4) is 0 Å². The highest BCUT2D eigenvalue weighted by Crippen LogP contribution is 2.35. The Labute approximate surface area is 98.0 Å². The maximum Gasteiger partial charge on any atom is 0.433 e. The summed E-state index contributed by atoms with van der Waals surface area (Å²) < 4.78 is 37.1. The molecule has 0 aliphatic heterocycles. The number of aromatic nitrogens is 1. The molecule has 1 heterocycles. The molecular weight excluding hydrogens is 229 g/mol. The Kier molecular flexibility index (Phi) is 3.12. The van der Waals surface area contributed by atoms with Crippen LogP contribution in [0.25, 0.3) is 0 Å². The second-order valence-corrected chi connectivity index (χ2v) is 4.65. The summed E-state index contributed by atoms with van der Waals surface area (Å²) in [5.41, 5.74) is 5.58. The van der Waals surface area contributed by atoms with Gasteiger partial charge in [0.2, 0.25) is 0 Å². The lowest BCUT2D eigenvalue weighted by Gasteiger charge is -2.33. The molecule has 1 aromatic rings. The zero-order chi connectivity index (χ0) is 12.5. The second-order valence-electron chi connectivity index (χ2n) is 4.65. The van der Waals surface area contributed by atoms with Gasteiger partial charge in [-0.25, -0.2) is 0 Å². The molecule has 1 saturated carbocycles. The van der Waals surface area contributed by atoms with Gasteiger partial charge in [-0.05, 0) is 24.5 Å². The van der Waals surface area contributed by atoms with Crippen LogP contribution in [0.1, 0.15) is 43.4 Å². The van der Waals surface area contributed by atoms with E-state index < -0.39 is 17.4 Å². The highest BCUT2D eigenvalue weighted by molar-refractivity contribution is 5.24. The van der Waals surface area contributed by atoms with Gasteiger partial charge in [-0.1, -0.05) is 25.3 Å². The summed E-state index contributed by atoms with van der Waals surface area (Å²) in [6.45, 7) is 0. The normalized spacial score (nSPS) is 20.2. The maximum atomic E-state index is 12.4. The zero-order valence-corrected chi connectivity index (χ0v) is 9.43. The largest absolute Gasteiger partial charge is 0.433 e. The van der Waals surface area contributed by atoms with Crippen LogP contribution < -0.4 is 5.73 Å². The van der Waals surface area contributed by atoms with Gasteiger partial charge >= 0.3 is 6.18 Å². The quantitative estimate of drug-likeness (QED) is 0.823. The van der Waals surface area contributed by atoms with Gasteiger partial charge in [0.15, 0.2) is 0 Å². The summed E-state index contributed by atoms with van der Waals surface area (Å²) in [6.07, 6.45) is 1.73. The monoisotopic (exact) mass is 244 g/mol. The first-order chi connectivity index (χ1) is 7.92. The summed E-state index contributed by atoms with van der Waals surface area (Å²) in [7, 11) is 0. The molecule has 0 spiro atoms. The van der Waals surface area contributed by atoms with E-state index in [0.717, 1.165) is 38.2 Å². The fraction of sp³-hybridized carbons (Fsp3) is 0.583. The maximum absolute atomic E-state index is 12.4. The van der Waals surface area contributed by atoms with E-state index in [4.69, 9.17) is 5.73 Å². The summed E-state index contributed by atoms with van der Waals surface area (Å²) >= 11 is 0. The average molecular weight is 244 g/mol. The number of pyridine rings is 1. The van der Waals surface area contributed by atoms with E-state index in [1.54, 1.807) is 0 Å². The molecule has 2 N–H and O–H groups in total. The predicted octanol–water partition coefficient (Wildman–Crippen LogP) is 3.22. The third-order valence-corrected chi connectivity index (χ3v) is 3.37. The summed E-state index contributed by atoms with van der Waals surface area (Å²) in [4.78, 5) is 3.47. The molecule has 5 heteroatoms. The highest BCUT2D eigenvalue weighted by Gasteiger charge is 2.34. The molecule has 17 heavy (non-hydrogen) atoms. The van der Waals surface area contributed by atoms with Gasteiger partial charge in [0.25, 0.3) is 0 Å². The summed E-state index contributed by atoms with van der Waals surface area (Å²) in [5, 5.41) is 0. The summed E-state index contributed by atoms with van der Waals surface area (Å²) in [6, 6.07) is 2.47. The van der Waals surface area contributed by atoms with Gasteiger partial charge in [0.1, 0.15) is 5.69 Å². The van der Waals surface area contributed by atoms with Crippen molar-refractivity contribution in [3.05, 3.63) is 29.6 Å². The van der Waals surface area contributed by atoms with E-state index >= 15 is 0 Å². The van der Waals surface area contributed by atoms with Gasteiger partial charge in [0, 0.05) is 11.7 Å². The minimum atomic E-state index is -4.38. The van der Waals surface area contributed by atoms with E-state index in [-0.39, 0.29) is 0 Å². The number of hydrogen-bond acceptors (Lipinski definition) is 2. The van der Waals surface area contributed by atoms with E-state index in [1.165, 1.54) is 12.3 Å². The Morgan fingerprint density at radius 1 is 1.12 bits per heavy atom. The fourth-order valence-corrected chi connectivity index (χ4v) is 2.33. The number of hydrogen-bond donors (Lipinski definition) is 1. The molecule has 0 radical (unpaired) electrons. The van der Waals surface area contributed by atoms with E-state index in [2.05, 4.69) is 4.98 Å². The first-order valence-corrected chi connectivity index (χ1v) is 5.74. The molecule has 1 aliphatic rings. The van der Waals surface area contributed by atoms with Gasteiger partial charge in [-0.2, -0.15) is 13.2 Å². The first-order valence-electron chi connectivity index (χ1n) is 5.74. The molecular formula is C12H15F3N2. The number of rotatable bonds is 1. The first kappa shape index (κ1) is 12.4. The lowest BCUT2D eigenvalue weighted by molar-refractivity contribution is -0.141. The van der Waals surface area contributed by atoms with Crippen molar-refractivity contribution in [1.29, 1.82) is 0 Å². The van der Waals surface area contributed by atoms with Gasteiger partial charge in [0.05, 0.1) is 0 Å². The molecule has 0 amide bonds. The Morgan fingerprint density at radius 2 is 1.76 bits per heavy atom. The van der Waals surface area contributed by atoms with Gasteiger partial charge in [-0.3, -0.25) is 4.98 Å². The van der Waals surface area contributed by atoms with Gasteiger partial charge in [-0.15, -0.1) is 0 Å². The van der Waals surface area contributed by atoms with Gasteiger partial charge < -0.3 is 5.73 Å². The van der Waals surface area contributed by atoms with Crippen LogP contribution in [-0.4, -0.2) is 4.98 Å². The van der Waals surface area contributed by atoms with Crippen molar-refractivity contribution in [3.8, 4) is 0 Å². The van der Waals surface area contributed by atoms with Crippen LogP contribution in [0.15, 0.2) is 18.3 Å². The van der Waals surface area contributed by atoms with Crippen LogP contribution in [0.5, 0.6) is 0 Å². The van der Waals surface area contributed by atoms with E-state index in [9.17, 15) is 13.2 Å². The number of nitrogens with two attached hydrogens (primary N) is 1. The van der Waals surface area contributed by atoms with Crippen molar-refractivity contribution in [2.45, 2.75) is 43.8 Å². The lowest BCUT2D eigenvalue weighted by Crippen LogP contribution is -2.38. The van der Waals surface area contributed by atoms with Crippen molar-refractivity contribution in [3.63, 3.8) is 0 Å². The third kappa shape index (κ3) is 2.60. The number of nitrogens with zero attached hydrogens (tertiary/aromatic N) is 1. The Bertz CT molecular complexity index is 378. The fourth-order valence-electron chi connectivity index (χ4n) is 2.33. The average Bonchev–Trinajstić information content (AvgIpc) is 2.29. The van der Waals surface area contributed by atoms with Crippen molar-refractivity contribution < 1.29 is 13.2 Å². The number of halogens is 3. The molecule has 2 rings (SSSR count). The Balaban J connectivity index is 2.23.